The van der Waals surface area contributed by atoms with Gasteiger partial charge in [-0.05, 0) is 11.8 Å². The summed E-state index contributed by atoms with van der Waals surface area (Å²) in [6.45, 7) is 4.01. The van der Waals surface area contributed by atoms with Crippen LogP contribution in [0, 0.1) is 5.41 Å². The highest BCUT2D eigenvalue weighted by Gasteiger charge is 2.40. The average Bonchev–Trinajstić information content (AvgIpc) is 2.90. The molecule has 2 heterocycles. The van der Waals surface area contributed by atoms with Gasteiger partial charge in [0.15, 0.2) is 10.9 Å². The highest BCUT2D eigenvalue weighted by atomic mass is 32.2. The van der Waals surface area contributed by atoms with E-state index >= 15 is 0 Å². The first kappa shape index (κ1) is 15.6. The maximum Gasteiger partial charge on any atom is 0.230 e. The summed E-state index contributed by atoms with van der Waals surface area (Å²) in [4.78, 5) is 30.6. The van der Waals surface area contributed by atoms with Crippen molar-refractivity contribution in [3.8, 4) is 0 Å². The summed E-state index contributed by atoms with van der Waals surface area (Å²) in [5, 5.41) is 4.61. The molecule has 1 fully saturated rings. The molecule has 1 unspecified atom stereocenters. The summed E-state index contributed by atoms with van der Waals surface area (Å²) in [5.41, 5.74) is 0.557. The highest BCUT2D eigenvalue weighted by molar-refractivity contribution is 7.89. The topological polar surface area (TPSA) is 110 Å². The zero-order valence-electron chi connectivity index (χ0n) is 12.3. The Morgan fingerprint density at radius 1 is 1.32 bits per heavy atom. The third-order valence-corrected chi connectivity index (χ3v) is 6.42. The lowest BCUT2D eigenvalue weighted by molar-refractivity contribution is -0.117. The van der Waals surface area contributed by atoms with Gasteiger partial charge >= 0.3 is 0 Å². The normalized spacial score (nSPS) is 24.7. The van der Waals surface area contributed by atoms with E-state index in [2.05, 4.69) is 4.98 Å². The van der Waals surface area contributed by atoms with Gasteiger partial charge in [0.05, 0.1) is 10.6 Å². The molecule has 1 aromatic heterocycles. The number of hydrogen-bond acceptors (Lipinski definition) is 6. The minimum atomic E-state index is -3.76. The summed E-state index contributed by atoms with van der Waals surface area (Å²) in [5.74, 6) is -0.290. The van der Waals surface area contributed by atoms with Crippen LogP contribution < -0.4 is 10.0 Å². The first-order valence-electron chi connectivity index (χ1n) is 6.92. The molecule has 1 saturated heterocycles. The van der Waals surface area contributed by atoms with Crippen molar-refractivity contribution in [2.75, 3.05) is 11.4 Å². The Kier molecular flexibility index (Phi) is 3.42. The van der Waals surface area contributed by atoms with Crippen molar-refractivity contribution in [3.63, 3.8) is 0 Å². The fraction of sp³-hybridized carbons (Fsp3) is 0.615. The second-order valence-corrected chi connectivity index (χ2v) is 9.45. The molecule has 1 amide bonds. The van der Waals surface area contributed by atoms with E-state index in [1.165, 1.54) is 16.2 Å². The lowest BCUT2D eigenvalue weighted by Crippen LogP contribution is -2.32. The van der Waals surface area contributed by atoms with E-state index in [9.17, 15) is 18.0 Å². The predicted octanol–water partition coefficient (Wildman–Crippen LogP) is 0.692. The Hall–Kier alpha value is -1.32. The van der Waals surface area contributed by atoms with Crippen LogP contribution in [0.25, 0.3) is 0 Å². The molecule has 0 radical (unpaired) electrons. The molecule has 7 nitrogen and oxygen atoms in total. The van der Waals surface area contributed by atoms with Gasteiger partial charge in [0.2, 0.25) is 15.9 Å². The number of sulfonamides is 1. The number of fused-ring (bicyclic) bond motifs is 1. The number of rotatable bonds is 2. The predicted molar refractivity (Wildman–Crippen MR) is 82.4 cm³/mol. The van der Waals surface area contributed by atoms with Crippen LogP contribution in [0.2, 0.25) is 0 Å². The Labute approximate surface area is 132 Å². The summed E-state index contributed by atoms with van der Waals surface area (Å²) in [6.07, 6.45) is 0.989. The van der Waals surface area contributed by atoms with Gasteiger partial charge in [0, 0.05) is 19.4 Å². The van der Waals surface area contributed by atoms with E-state index in [-0.39, 0.29) is 30.1 Å². The molecular weight excluding hydrogens is 326 g/mol. The van der Waals surface area contributed by atoms with Crippen molar-refractivity contribution in [1.82, 2.24) is 4.98 Å². The average molecular weight is 343 g/mol. The van der Waals surface area contributed by atoms with Gasteiger partial charge < -0.3 is 0 Å². The number of Topliss-reactive ketones (excluding diaryl/α,β-unsaturated/α-hetero) is 1. The minimum Gasteiger partial charge on any atom is -0.293 e. The number of hydrogen-bond donors (Lipinski definition) is 1. The van der Waals surface area contributed by atoms with Crippen LogP contribution in [0.3, 0.4) is 0 Å². The zero-order chi connectivity index (χ0) is 16.3. The van der Waals surface area contributed by atoms with E-state index in [1.807, 2.05) is 13.8 Å². The molecule has 1 aliphatic heterocycles. The first-order chi connectivity index (χ1) is 10.1. The van der Waals surface area contributed by atoms with Gasteiger partial charge in [-0.3, -0.25) is 14.5 Å². The van der Waals surface area contributed by atoms with Crippen molar-refractivity contribution >= 4 is 38.2 Å². The maximum absolute atomic E-state index is 12.2. The Morgan fingerprint density at radius 3 is 2.59 bits per heavy atom. The van der Waals surface area contributed by atoms with E-state index in [4.69, 9.17) is 5.14 Å². The Bertz CT molecular complexity index is 766. The second-order valence-electron chi connectivity index (χ2n) is 6.63. The molecule has 2 aliphatic rings. The van der Waals surface area contributed by atoms with E-state index in [0.717, 1.165) is 0 Å². The van der Waals surface area contributed by atoms with Gasteiger partial charge in [-0.1, -0.05) is 25.2 Å². The van der Waals surface area contributed by atoms with Gasteiger partial charge in [0.25, 0.3) is 0 Å². The number of anilines is 1. The fourth-order valence-corrected chi connectivity index (χ4v) is 4.68. The van der Waals surface area contributed by atoms with Crippen molar-refractivity contribution in [1.29, 1.82) is 0 Å². The number of carbonyl (C=O) groups is 2. The van der Waals surface area contributed by atoms with Crippen LogP contribution in [0.4, 0.5) is 5.13 Å². The number of nitrogens with zero attached hydrogens (tertiary/aromatic N) is 2. The number of primary sulfonamides is 1. The van der Waals surface area contributed by atoms with Gasteiger partial charge in [0.1, 0.15) is 5.25 Å². The Morgan fingerprint density at radius 2 is 2.00 bits per heavy atom. The molecule has 0 aromatic carbocycles. The van der Waals surface area contributed by atoms with Gasteiger partial charge in [-0.2, -0.15) is 0 Å². The first-order valence-corrected chi connectivity index (χ1v) is 9.34. The summed E-state index contributed by atoms with van der Waals surface area (Å²) >= 11 is 1.17. The quantitative estimate of drug-likeness (QED) is 0.849. The lowest BCUT2D eigenvalue weighted by Gasteiger charge is -2.26. The van der Waals surface area contributed by atoms with Crippen LogP contribution in [0.5, 0.6) is 0 Å². The lowest BCUT2D eigenvalue weighted by atomic mass is 9.78. The largest absolute Gasteiger partial charge is 0.293 e. The van der Waals surface area contributed by atoms with Gasteiger partial charge in [-0.15, -0.1) is 0 Å². The van der Waals surface area contributed by atoms with Crippen LogP contribution in [0.15, 0.2) is 0 Å². The molecule has 9 heteroatoms. The van der Waals surface area contributed by atoms with Crippen molar-refractivity contribution < 1.29 is 18.0 Å². The molecular formula is C13H17N3O4S2. The number of amides is 1. The molecule has 3 rings (SSSR count). The molecule has 1 atom stereocenters. The summed E-state index contributed by atoms with van der Waals surface area (Å²) in [7, 11) is -3.76. The van der Waals surface area contributed by atoms with E-state index in [0.29, 0.717) is 28.5 Å². The summed E-state index contributed by atoms with van der Waals surface area (Å²) < 4.78 is 22.8. The molecule has 120 valence electrons. The number of carbonyl (C=O) groups excluding carboxylic acids is 2. The number of aromatic nitrogens is 1. The minimum absolute atomic E-state index is 0.00163. The van der Waals surface area contributed by atoms with E-state index in [1.54, 1.807) is 0 Å². The zero-order valence-corrected chi connectivity index (χ0v) is 14.0. The van der Waals surface area contributed by atoms with Crippen LogP contribution >= 0.6 is 11.3 Å². The number of thiazole rings is 1. The van der Waals surface area contributed by atoms with Crippen LogP contribution in [-0.4, -0.2) is 36.9 Å². The third kappa shape index (κ3) is 2.68. The third-order valence-electron chi connectivity index (χ3n) is 4.01. The standard InChI is InChI=1S/C13H17N3O4S2/c1-13(2)4-8-11(9(17)5-13)21-12(15-8)16-6-7(3-10(16)18)22(14,19)20/h7H,3-6H2,1-2H3,(H2,14,19,20). The monoisotopic (exact) mass is 343 g/mol. The molecule has 0 spiro atoms. The van der Waals surface area contributed by atoms with Crippen molar-refractivity contribution in [2.45, 2.75) is 38.4 Å². The number of ketones is 1. The molecule has 1 aliphatic carbocycles. The van der Waals surface area contributed by atoms with Crippen LogP contribution in [-0.2, 0) is 21.2 Å². The van der Waals surface area contributed by atoms with Crippen LogP contribution in [0.1, 0.15) is 42.1 Å². The summed E-state index contributed by atoms with van der Waals surface area (Å²) in [6, 6.07) is 0. The molecule has 0 bridgehead atoms. The Balaban J connectivity index is 1.92. The van der Waals surface area contributed by atoms with E-state index < -0.39 is 15.3 Å². The molecule has 2 N–H and O–H groups in total. The fourth-order valence-electron chi connectivity index (χ4n) is 2.90. The van der Waals surface area contributed by atoms with Gasteiger partial charge in [-0.25, -0.2) is 18.5 Å². The van der Waals surface area contributed by atoms with Crippen molar-refractivity contribution in [3.05, 3.63) is 10.6 Å². The molecule has 1 aromatic rings. The second kappa shape index (κ2) is 4.84. The number of nitrogens with two attached hydrogens (primary N) is 1. The highest BCUT2D eigenvalue weighted by Crippen LogP contribution is 2.40. The maximum atomic E-state index is 12.2. The smallest absolute Gasteiger partial charge is 0.230 e. The molecule has 0 saturated carbocycles. The van der Waals surface area contributed by atoms with Crippen molar-refractivity contribution in [2.24, 2.45) is 10.6 Å². The molecule has 22 heavy (non-hydrogen) atoms. The SMILES string of the molecule is CC1(C)CC(=O)c2sc(N3CC(S(N)(=O)=O)CC3=O)nc2C1.